The van der Waals surface area contributed by atoms with Crippen molar-refractivity contribution in [3.8, 4) is 17.2 Å². The number of hydrogen-bond acceptors (Lipinski definition) is 5. The van der Waals surface area contributed by atoms with Gasteiger partial charge in [-0.1, -0.05) is 18.2 Å². The third-order valence-electron chi connectivity index (χ3n) is 3.96. The van der Waals surface area contributed by atoms with E-state index < -0.39 is 12.1 Å². The fourth-order valence-electron chi connectivity index (χ4n) is 2.87. The van der Waals surface area contributed by atoms with Crippen LogP contribution in [0, 0.1) is 6.92 Å². The highest BCUT2D eigenvalue weighted by molar-refractivity contribution is 5.98. The third-order valence-corrected chi connectivity index (χ3v) is 3.96. The zero-order valence-corrected chi connectivity index (χ0v) is 13.5. The number of fused-ring (bicyclic) bond motifs is 1. The van der Waals surface area contributed by atoms with Gasteiger partial charge >= 0.3 is 5.97 Å². The van der Waals surface area contributed by atoms with Gasteiger partial charge in [-0.2, -0.15) is 0 Å². The Kier molecular flexibility index (Phi) is 3.86. The zero-order chi connectivity index (χ0) is 16.6. The minimum Gasteiger partial charge on any atom is -0.496 e. The summed E-state index contributed by atoms with van der Waals surface area (Å²) in [6.07, 6.45) is -0.521. The lowest BCUT2D eigenvalue weighted by Crippen LogP contribution is -2.03. The van der Waals surface area contributed by atoms with Crippen LogP contribution in [0.1, 0.15) is 33.2 Å². The molecular weight excluding hydrogens is 296 g/mol. The Morgan fingerprint density at radius 3 is 2.26 bits per heavy atom. The molecule has 2 aromatic rings. The lowest BCUT2D eigenvalue weighted by Gasteiger charge is -2.16. The zero-order valence-electron chi connectivity index (χ0n) is 13.5. The van der Waals surface area contributed by atoms with E-state index >= 15 is 0 Å². The SMILES string of the molecule is COc1cc(C)ccc1C1OC(=O)c2c1ccc(OC)c2OC. The Morgan fingerprint density at radius 1 is 0.913 bits per heavy atom. The van der Waals surface area contributed by atoms with E-state index in [1.54, 1.807) is 13.2 Å². The summed E-state index contributed by atoms with van der Waals surface area (Å²) >= 11 is 0. The van der Waals surface area contributed by atoms with E-state index in [2.05, 4.69) is 0 Å². The maximum atomic E-state index is 12.4. The molecule has 0 spiro atoms. The first-order valence-corrected chi connectivity index (χ1v) is 7.21. The van der Waals surface area contributed by atoms with Crippen molar-refractivity contribution in [1.82, 2.24) is 0 Å². The molecule has 5 heteroatoms. The van der Waals surface area contributed by atoms with Crippen molar-refractivity contribution in [2.24, 2.45) is 0 Å². The van der Waals surface area contributed by atoms with Gasteiger partial charge in [-0.05, 0) is 24.6 Å². The molecule has 1 unspecified atom stereocenters. The van der Waals surface area contributed by atoms with Gasteiger partial charge < -0.3 is 18.9 Å². The number of carbonyl (C=O) groups excluding carboxylic acids is 1. The second kappa shape index (κ2) is 5.83. The second-order valence-electron chi connectivity index (χ2n) is 5.30. The number of benzene rings is 2. The van der Waals surface area contributed by atoms with E-state index in [0.717, 1.165) is 16.7 Å². The van der Waals surface area contributed by atoms with Crippen molar-refractivity contribution in [1.29, 1.82) is 0 Å². The molecule has 0 fully saturated rings. The number of rotatable bonds is 4. The number of hydrogen-bond donors (Lipinski definition) is 0. The van der Waals surface area contributed by atoms with Crippen molar-refractivity contribution in [3.05, 3.63) is 52.6 Å². The highest BCUT2D eigenvalue weighted by Gasteiger charge is 2.37. The summed E-state index contributed by atoms with van der Waals surface area (Å²) in [6.45, 7) is 1.98. The van der Waals surface area contributed by atoms with Crippen molar-refractivity contribution in [2.45, 2.75) is 13.0 Å². The Bertz CT molecular complexity index is 766. The van der Waals surface area contributed by atoms with E-state index in [-0.39, 0.29) is 0 Å². The van der Waals surface area contributed by atoms with Crippen LogP contribution in [0.2, 0.25) is 0 Å². The minimum atomic E-state index is -0.521. The van der Waals surface area contributed by atoms with Crippen molar-refractivity contribution in [2.75, 3.05) is 21.3 Å². The summed E-state index contributed by atoms with van der Waals surface area (Å²) in [4.78, 5) is 12.4. The monoisotopic (exact) mass is 314 g/mol. The number of carbonyl (C=O) groups is 1. The van der Waals surface area contributed by atoms with E-state index in [0.29, 0.717) is 22.8 Å². The predicted molar refractivity (Wildman–Crippen MR) is 84.5 cm³/mol. The molecule has 5 nitrogen and oxygen atoms in total. The lowest BCUT2D eigenvalue weighted by atomic mass is 9.97. The summed E-state index contributed by atoms with van der Waals surface area (Å²) in [6, 6.07) is 9.39. The fraction of sp³-hybridized carbons (Fsp3) is 0.278. The highest BCUT2D eigenvalue weighted by Crippen LogP contribution is 2.46. The second-order valence-corrected chi connectivity index (χ2v) is 5.30. The minimum absolute atomic E-state index is 0.392. The van der Waals surface area contributed by atoms with E-state index in [9.17, 15) is 4.79 Å². The molecule has 0 amide bonds. The van der Waals surface area contributed by atoms with Crippen LogP contribution in [-0.2, 0) is 4.74 Å². The van der Waals surface area contributed by atoms with Crippen LogP contribution in [0.4, 0.5) is 0 Å². The average molecular weight is 314 g/mol. The molecule has 0 aliphatic carbocycles. The molecule has 1 heterocycles. The molecule has 0 saturated carbocycles. The molecule has 1 atom stereocenters. The summed E-state index contributed by atoms with van der Waals surface area (Å²) < 4.78 is 21.6. The van der Waals surface area contributed by atoms with E-state index in [1.165, 1.54) is 14.2 Å². The van der Waals surface area contributed by atoms with Gasteiger partial charge in [0.2, 0.25) is 0 Å². The molecule has 0 aromatic heterocycles. The lowest BCUT2D eigenvalue weighted by molar-refractivity contribution is 0.0450. The standard InChI is InChI=1S/C18H18O5/c1-10-5-6-11(14(9-10)21-3)16-12-7-8-13(20-2)17(22-4)15(12)18(19)23-16/h5-9,16H,1-4H3. The van der Waals surface area contributed by atoms with Crippen LogP contribution in [0.25, 0.3) is 0 Å². The summed E-state index contributed by atoms with van der Waals surface area (Å²) in [5, 5.41) is 0. The first-order valence-electron chi connectivity index (χ1n) is 7.21. The first-order chi connectivity index (χ1) is 11.1. The molecule has 0 N–H and O–H groups in total. The Balaban J connectivity index is 2.16. The molecular formula is C18H18O5. The predicted octanol–water partition coefficient (Wildman–Crippen LogP) is 3.28. The molecule has 0 bridgehead atoms. The van der Waals surface area contributed by atoms with Crippen LogP contribution in [0.5, 0.6) is 17.2 Å². The van der Waals surface area contributed by atoms with Gasteiger partial charge in [0.15, 0.2) is 17.6 Å². The smallest absolute Gasteiger partial charge is 0.343 e. The van der Waals surface area contributed by atoms with Gasteiger partial charge in [-0.15, -0.1) is 0 Å². The molecule has 0 saturated heterocycles. The molecule has 1 aliphatic rings. The number of ether oxygens (including phenoxy) is 4. The topological polar surface area (TPSA) is 54.0 Å². The van der Waals surface area contributed by atoms with Crippen LogP contribution in [-0.4, -0.2) is 27.3 Å². The van der Waals surface area contributed by atoms with Crippen LogP contribution < -0.4 is 14.2 Å². The van der Waals surface area contributed by atoms with Gasteiger partial charge in [0, 0.05) is 11.1 Å². The fourth-order valence-corrected chi connectivity index (χ4v) is 2.87. The van der Waals surface area contributed by atoms with Gasteiger partial charge in [-0.3, -0.25) is 0 Å². The highest BCUT2D eigenvalue weighted by atomic mass is 16.6. The summed E-state index contributed by atoms with van der Waals surface area (Å²) in [7, 11) is 4.64. The Labute approximate surface area is 134 Å². The summed E-state index contributed by atoms with van der Waals surface area (Å²) in [5.41, 5.74) is 3.02. The van der Waals surface area contributed by atoms with Crippen LogP contribution in [0.15, 0.2) is 30.3 Å². The molecule has 120 valence electrons. The van der Waals surface area contributed by atoms with Gasteiger partial charge in [0.1, 0.15) is 11.3 Å². The average Bonchev–Trinajstić information content (AvgIpc) is 2.90. The van der Waals surface area contributed by atoms with E-state index in [1.807, 2.05) is 31.2 Å². The van der Waals surface area contributed by atoms with Gasteiger partial charge in [0.25, 0.3) is 0 Å². The number of cyclic esters (lactones) is 1. The maximum absolute atomic E-state index is 12.4. The van der Waals surface area contributed by atoms with Crippen molar-refractivity contribution in [3.63, 3.8) is 0 Å². The van der Waals surface area contributed by atoms with Gasteiger partial charge in [0.05, 0.1) is 21.3 Å². The molecule has 2 aromatic carbocycles. The molecule has 0 radical (unpaired) electrons. The van der Waals surface area contributed by atoms with Crippen molar-refractivity contribution < 1.29 is 23.7 Å². The third kappa shape index (κ3) is 2.38. The Morgan fingerprint density at radius 2 is 1.61 bits per heavy atom. The molecule has 23 heavy (non-hydrogen) atoms. The van der Waals surface area contributed by atoms with Crippen molar-refractivity contribution >= 4 is 5.97 Å². The Hall–Kier alpha value is -2.69. The van der Waals surface area contributed by atoms with Crippen LogP contribution in [0.3, 0.4) is 0 Å². The maximum Gasteiger partial charge on any atom is 0.343 e. The quantitative estimate of drug-likeness (QED) is 0.811. The molecule has 1 aliphatic heterocycles. The van der Waals surface area contributed by atoms with Crippen LogP contribution >= 0.6 is 0 Å². The normalized spacial score (nSPS) is 15.8. The number of aryl methyl sites for hydroxylation is 1. The number of esters is 1. The van der Waals surface area contributed by atoms with Gasteiger partial charge in [-0.25, -0.2) is 4.79 Å². The van der Waals surface area contributed by atoms with E-state index in [4.69, 9.17) is 18.9 Å². The largest absolute Gasteiger partial charge is 0.496 e. The molecule has 3 rings (SSSR count). The first kappa shape index (κ1) is 15.2. The summed E-state index contributed by atoms with van der Waals surface area (Å²) in [5.74, 6) is 1.15. The number of methoxy groups -OCH3 is 3.